The van der Waals surface area contributed by atoms with E-state index in [0.29, 0.717) is 6.04 Å². The van der Waals surface area contributed by atoms with Gasteiger partial charge in [0.2, 0.25) is 0 Å². The van der Waals surface area contributed by atoms with Gasteiger partial charge in [0, 0.05) is 12.6 Å². The van der Waals surface area contributed by atoms with Crippen LogP contribution in [0.5, 0.6) is 0 Å². The molecule has 2 saturated carbocycles. The first-order chi connectivity index (χ1) is 7.84. The van der Waals surface area contributed by atoms with Crippen LogP contribution in [0.4, 0.5) is 0 Å². The van der Waals surface area contributed by atoms with E-state index in [9.17, 15) is 5.11 Å². The maximum absolute atomic E-state index is 10.00. The average molecular weight is 223 g/mol. The Balaban J connectivity index is 1.61. The third-order valence-corrected chi connectivity index (χ3v) is 5.24. The van der Waals surface area contributed by atoms with Crippen molar-refractivity contribution >= 4 is 0 Å². The molecule has 2 unspecified atom stereocenters. The molecule has 1 saturated heterocycles. The number of piperidine rings is 1. The monoisotopic (exact) mass is 223 g/mol. The van der Waals surface area contributed by atoms with E-state index in [0.717, 1.165) is 18.3 Å². The van der Waals surface area contributed by atoms with E-state index in [-0.39, 0.29) is 6.10 Å². The standard InChI is InChI=1S/C14H25NO/c16-14-7-3-6-13(14)15-9-8-11-4-1-2-5-12(11)10-15/h11-14,16H,1-10H2/t11?,12?,13-,14-/m0/s1. The summed E-state index contributed by atoms with van der Waals surface area (Å²) in [5, 5.41) is 10.00. The van der Waals surface area contributed by atoms with Crippen LogP contribution < -0.4 is 0 Å². The van der Waals surface area contributed by atoms with Crippen molar-refractivity contribution in [1.82, 2.24) is 4.90 Å². The van der Waals surface area contributed by atoms with Crippen LogP contribution in [0, 0.1) is 11.8 Å². The molecule has 1 aliphatic heterocycles. The second-order valence-corrected chi connectivity index (χ2v) is 6.15. The van der Waals surface area contributed by atoms with E-state index >= 15 is 0 Å². The Hall–Kier alpha value is -0.0800. The summed E-state index contributed by atoms with van der Waals surface area (Å²) >= 11 is 0. The van der Waals surface area contributed by atoms with Crippen molar-refractivity contribution in [3.05, 3.63) is 0 Å². The first-order valence-corrected chi connectivity index (χ1v) is 7.27. The Morgan fingerprint density at radius 3 is 2.38 bits per heavy atom. The van der Waals surface area contributed by atoms with Crippen LogP contribution in [0.2, 0.25) is 0 Å². The first kappa shape index (κ1) is 11.0. The molecule has 1 N–H and O–H groups in total. The van der Waals surface area contributed by atoms with Gasteiger partial charge in [-0.05, 0) is 50.5 Å². The van der Waals surface area contributed by atoms with Crippen molar-refractivity contribution in [3.63, 3.8) is 0 Å². The van der Waals surface area contributed by atoms with Gasteiger partial charge in [0.25, 0.3) is 0 Å². The molecule has 0 radical (unpaired) electrons. The minimum absolute atomic E-state index is 0.0276. The lowest BCUT2D eigenvalue weighted by Gasteiger charge is -2.44. The normalized spacial score (nSPS) is 45.6. The van der Waals surface area contributed by atoms with Crippen LogP contribution in [0.3, 0.4) is 0 Å². The topological polar surface area (TPSA) is 23.5 Å². The first-order valence-electron chi connectivity index (χ1n) is 7.27. The van der Waals surface area contributed by atoms with Crippen molar-refractivity contribution in [2.24, 2.45) is 11.8 Å². The number of hydrogen-bond acceptors (Lipinski definition) is 2. The van der Waals surface area contributed by atoms with Crippen LogP contribution in [-0.4, -0.2) is 35.2 Å². The van der Waals surface area contributed by atoms with E-state index in [1.165, 1.54) is 58.0 Å². The maximum Gasteiger partial charge on any atom is 0.0695 e. The molecule has 3 aliphatic rings. The number of hydrogen-bond donors (Lipinski definition) is 1. The molecule has 16 heavy (non-hydrogen) atoms. The lowest BCUT2D eigenvalue weighted by Crippen LogP contribution is -2.49. The quantitative estimate of drug-likeness (QED) is 0.738. The SMILES string of the molecule is O[C@H]1CCC[C@@H]1N1CCC2CCCCC2C1. The third-order valence-electron chi connectivity index (χ3n) is 5.24. The van der Waals surface area contributed by atoms with Crippen LogP contribution in [0.15, 0.2) is 0 Å². The summed E-state index contributed by atoms with van der Waals surface area (Å²) < 4.78 is 0. The molecule has 4 atom stereocenters. The maximum atomic E-state index is 10.00. The fraction of sp³-hybridized carbons (Fsp3) is 1.00. The Labute approximate surface area is 99.0 Å². The molecular formula is C14H25NO. The summed E-state index contributed by atoms with van der Waals surface area (Å²) in [6.07, 6.45) is 10.7. The van der Waals surface area contributed by atoms with Crippen molar-refractivity contribution < 1.29 is 5.11 Å². The van der Waals surface area contributed by atoms with Gasteiger partial charge in [-0.15, -0.1) is 0 Å². The minimum atomic E-state index is -0.0276. The van der Waals surface area contributed by atoms with Crippen molar-refractivity contribution in [2.45, 2.75) is 63.5 Å². The fourth-order valence-electron chi connectivity index (χ4n) is 4.28. The third kappa shape index (κ3) is 2.02. The number of aliphatic hydroxyl groups excluding tert-OH is 1. The minimum Gasteiger partial charge on any atom is -0.391 e. The van der Waals surface area contributed by atoms with Gasteiger partial charge >= 0.3 is 0 Å². The lowest BCUT2D eigenvalue weighted by molar-refractivity contribution is 0.0128. The zero-order valence-electron chi connectivity index (χ0n) is 10.3. The average Bonchev–Trinajstić information content (AvgIpc) is 2.75. The summed E-state index contributed by atoms with van der Waals surface area (Å²) in [6.45, 7) is 2.54. The molecular weight excluding hydrogens is 198 g/mol. The van der Waals surface area contributed by atoms with Crippen molar-refractivity contribution in [2.75, 3.05) is 13.1 Å². The van der Waals surface area contributed by atoms with Crippen LogP contribution >= 0.6 is 0 Å². The number of nitrogens with zero attached hydrogens (tertiary/aromatic N) is 1. The predicted octanol–water partition coefficient (Wildman–Crippen LogP) is 2.41. The van der Waals surface area contributed by atoms with E-state index in [1.807, 2.05) is 0 Å². The molecule has 3 rings (SSSR count). The molecule has 0 spiro atoms. The summed E-state index contributed by atoms with van der Waals surface area (Å²) in [5.41, 5.74) is 0. The zero-order chi connectivity index (χ0) is 11.0. The summed E-state index contributed by atoms with van der Waals surface area (Å²) in [4.78, 5) is 2.62. The molecule has 92 valence electrons. The molecule has 0 aromatic heterocycles. The van der Waals surface area contributed by atoms with Gasteiger partial charge in [-0.2, -0.15) is 0 Å². The fourth-order valence-corrected chi connectivity index (χ4v) is 4.28. The number of fused-ring (bicyclic) bond motifs is 1. The molecule has 2 heteroatoms. The van der Waals surface area contributed by atoms with Gasteiger partial charge in [0.1, 0.15) is 0 Å². The molecule has 0 aromatic rings. The number of likely N-dealkylation sites (tertiary alicyclic amines) is 1. The lowest BCUT2D eigenvalue weighted by atomic mass is 9.75. The molecule has 2 nitrogen and oxygen atoms in total. The van der Waals surface area contributed by atoms with E-state index in [2.05, 4.69) is 4.90 Å². The van der Waals surface area contributed by atoms with E-state index < -0.39 is 0 Å². The van der Waals surface area contributed by atoms with Crippen LogP contribution in [0.1, 0.15) is 51.4 Å². The Morgan fingerprint density at radius 1 is 0.812 bits per heavy atom. The highest BCUT2D eigenvalue weighted by Crippen LogP contribution is 2.38. The zero-order valence-corrected chi connectivity index (χ0v) is 10.3. The molecule has 0 bridgehead atoms. The van der Waals surface area contributed by atoms with Gasteiger partial charge < -0.3 is 5.11 Å². The Bertz CT molecular complexity index is 243. The summed E-state index contributed by atoms with van der Waals surface area (Å²) in [7, 11) is 0. The molecule has 0 aromatic carbocycles. The van der Waals surface area contributed by atoms with Gasteiger partial charge in [0.05, 0.1) is 6.10 Å². The highest BCUT2D eigenvalue weighted by atomic mass is 16.3. The van der Waals surface area contributed by atoms with Crippen LogP contribution in [-0.2, 0) is 0 Å². The number of aliphatic hydroxyl groups is 1. The highest BCUT2D eigenvalue weighted by Gasteiger charge is 2.37. The van der Waals surface area contributed by atoms with Gasteiger partial charge in [-0.1, -0.05) is 19.3 Å². The van der Waals surface area contributed by atoms with Crippen molar-refractivity contribution in [3.8, 4) is 0 Å². The molecule has 1 heterocycles. The van der Waals surface area contributed by atoms with Crippen LogP contribution in [0.25, 0.3) is 0 Å². The van der Waals surface area contributed by atoms with Gasteiger partial charge in [-0.25, -0.2) is 0 Å². The number of rotatable bonds is 1. The summed E-state index contributed by atoms with van der Waals surface area (Å²) in [6, 6.07) is 0.503. The molecule has 3 fully saturated rings. The van der Waals surface area contributed by atoms with Gasteiger partial charge in [-0.3, -0.25) is 4.90 Å². The Morgan fingerprint density at radius 2 is 1.62 bits per heavy atom. The van der Waals surface area contributed by atoms with Crippen molar-refractivity contribution in [1.29, 1.82) is 0 Å². The second kappa shape index (κ2) is 4.66. The summed E-state index contributed by atoms with van der Waals surface area (Å²) in [5.74, 6) is 1.97. The molecule has 2 aliphatic carbocycles. The van der Waals surface area contributed by atoms with E-state index in [4.69, 9.17) is 0 Å². The van der Waals surface area contributed by atoms with Gasteiger partial charge in [0.15, 0.2) is 0 Å². The second-order valence-electron chi connectivity index (χ2n) is 6.15. The largest absolute Gasteiger partial charge is 0.391 e. The van der Waals surface area contributed by atoms with E-state index in [1.54, 1.807) is 0 Å². The molecule has 0 amide bonds. The predicted molar refractivity (Wildman–Crippen MR) is 65.3 cm³/mol. The Kier molecular flexibility index (Phi) is 3.21. The smallest absolute Gasteiger partial charge is 0.0695 e. The highest BCUT2D eigenvalue weighted by molar-refractivity contribution is 4.91.